The number of anilines is 3. The molecular formula is C13H24N6O2. The van der Waals surface area contributed by atoms with Gasteiger partial charge in [-0.2, -0.15) is 15.0 Å². The number of rotatable bonds is 6. The Kier molecular flexibility index (Phi) is 5.13. The Hall–Kier alpha value is -1.67. The number of nitrogens with zero attached hydrogens (tertiary/aromatic N) is 4. The Labute approximate surface area is 125 Å². The highest BCUT2D eigenvalue weighted by atomic mass is 16.5. The number of ether oxygens (including phenoxy) is 1. The highest BCUT2D eigenvalue weighted by Crippen LogP contribution is 2.21. The molecule has 0 aliphatic carbocycles. The van der Waals surface area contributed by atoms with Gasteiger partial charge >= 0.3 is 0 Å². The van der Waals surface area contributed by atoms with Crippen LogP contribution in [0.2, 0.25) is 0 Å². The SMILES string of the molecule is CCNc1nc(NCC2(O)CCOCC2)nc(N(C)C)n1. The van der Waals surface area contributed by atoms with Gasteiger partial charge in [0.2, 0.25) is 17.8 Å². The minimum absolute atomic E-state index is 0.402. The molecule has 1 aliphatic heterocycles. The standard InChI is InChI=1S/C13H24N6O2/c1-4-14-10-16-11(18-12(17-10)19(2)3)15-9-13(20)5-7-21-8-6-13/h20H,4-9H2,1-3H3,(H2,14,15,16,17,18). The normalized spacial score (nSPS) is 17.3. The van der Waals surface area contributed by atoms with Crippen molar-refractivity contribution in [2.75, 3.05) is 55.9 Å². The van der Waals surface area contributed by atoms with Crippen LogP contribution in [0.25, 0.3) is 0 Å². The average Bonchev–Trinajstić information content (AvgIpc) is 2.46. The van der Waals surface area contributed by atoms with E-state index in [1.165, 1.54) is 0 Å². The topological polar surface area (TPSA) is 95.4 Å². The van der Waals surface area contributed by atoms with Crippen LogP contribution in [0.1, 0.15) is 19.8 Å². The third-order valence-electron chi connectivity index (χ3n) is 3.36. The van der Waals surface area contributed by atoms with Gasteiger partial charge in [0.05, 0.1) is 5.60 Å². The monoisotopic (exact) mass is 296 g/mol. The molecule has 0 saturated carbocycles. The summed E-state index contributed by atoms with van der Waals surface area (Å²) in [6.07, 6.45) is 1.23. The zero-order valence-electron chi connectivity index (χ0n) is 12.9. The molecule has 8 nitrogen and oxygen atoms in total. The second-order valence-corrected chi connectivity index (χ2v) is 5.40. The number of aliphatic hydroxyl groups is 1. The molecule has 0 unspecified atom stereocenters. The van der Waals surface area contributed by atoms with E-state index < -0.39 is 5.60 Å². The first kappa shape index (κ1) is 15.7. The number of hydrogen-bond acceptors (Lipinski definition) is 8. The zero-order valence-corrected chi connectivity index (χ0v) is 12.9. The molecule has 3 N–H and O–H groups in total. The van der Waals surface area contributed by atoms with Crippen molar-refractivity contribution in [2.24, 2.45) is 0 Å². The molecule has 0 atom stereocenters. The Balaban J connectivity index is 2.07. The van der Waals surface area contributed by atoms with Gasteiger partial charge in [-0.15, -0.1) is 0 Å². The molecule has 1 fully saturated rings. The Bertz CT molecular complexity index is 462. The van der Waals surface area contributed by atoms with E-state index >= 15 is 0 Å². The molecular weight excluding hydrogens is 272 g/mol. The van der Waals surface area contributed by atoms with E-state index in [9.17, 15) is 5.11 Å². The third-order valence-corrected chi connectivity index (χ3v) is 3.36. The van der Waals surface area contributed by atoms with Crippen LogP contribution in [0.4, 0.5) is 17.8 Å². The molecule has 2 heterocycles. The van der Waals surface area contributed by atoms with Gasteiger partial charge in [0.1, 0.15) is 0 Å². The number of nitrogens with one attached hydrogen (secondary N) is 2. The summed E-state index contributed by atoms with van der Waals surface area (Å²) in [7, 11) is 3.75. The van der Waals surface area contributed by atoms with Gasteiger partial charge in [-0.1, -0.05) is 0 Å². The van der Waals surface area contributed by atoms with Crippen LogP contribution in [0.3, 0.4) is 0 Å². The molecule has 1 aromatic heterocycles. The summed E-state index contributed by atoms with van der Waals surface area (Å²) < 4.78 is 5.27. The molecule has 2 rings (SSSR count). The summed E-state index contributed by atoms with van der Waals surface area (Å²) in [6, 6.07) is 0. The minimum Gasteiger partial charge on any atom is -0.388 e. The molecule has 8 heteroatoms. The van der Waals surface area contributed by atoms with E-state index in [1.807, 2.05) is 25.9 Å². The Morgan fingerprint density at radius 2 is 1.76 bits per heavy atom. The van der Waals surface area contributed by atoms with E-state index in [0.717, 1.165) is 6.54 Å². The van der Waals surface area contributed by atoms with Gasteiger partial charge in [-0.3, -0.25) is 0 Å². The van der Waals surface area contributed by atoms with E-state index in [0.29, 0.717) is 50.4 Å². The summed E-state index contributed by atoms with van der Waals surface area (Å²) in [4.78, 5) is 14.8. The Morgan fingerprint density at radius 3 is 2.33 bits per heavy atom. The highest BCUT2D eigenvalue weighted by Gasteiger charge is 2.29. The van der Waals surface area contributed by atoms with E-state index in [1.54, 1.807) is 0 Å². The minimum atomic E-state index is -0.762. The summed E-state index contributed by atoms with van der Waals surface area (Å²) in [6.45, 7) is 4.29. The summed E-state index contributed by atoms with van der Waals surface area (Å²) >= 11 is 0. The number of hydrogen-bond donors (Lipinski definition) is 3. The molecule has 118 valence electrons. The fourth-order valence-corrected chi connectivity index (χ4v) is 2.05. The number of aromatic nitrogens is 3. The second-order valence-electron chi connectivity index (χ2n) is 5.40. The first-order valence-electron chi connectivity index (χ1n) is 7.24. The molecule has 1 aromatic rings. The van der Waals surface area contributed by atoms with Crippen molar-refractivity contribution < 1.29 is 9.84 Å². The van der Waals surface area contributed by atoms with Crippen LogP contribution in [-0.4, -0.2) is 66.1 Å². The second kappa shape index (κ2) is 6.86. The van der Waals surface area contributed by atoms with Crippen molar-refractivity contribution in [1.29, 1.82) is 0 Å². The fraction of sp³-hybridized carbons (Fsp3) is 0.769. The molecule has 0 amide bonds. The first-order chi connectivity index (χ1) is 10.0. The van der Waals surface area contributed by atoms with Crippen LogP contribution in [0, 0.1) is 0 Å². The van der Waals surface area contributed by atoms with Gasteiger partial charge in [-0.25, -0.2) is 0 Å². The predicted molar refractivity (Wildman–Crippen MR) is 81.8 cm³/mol. The molecule has 0 aromatic carbocycles. The van der Waals surface area contributed by atoms with E-state index in [2.05, 4.69) is 25.6 Å². The van der Waals surface area contributed by atoms with Gasteiger partial charge in [0.25, 0.3) is 0 Å². The van der Waals surface area contributed by atoms with Crippen molar-refractivity contribution in [3.05, 3.63) is 0 Å². The van der Waals surface area contributed by atoms with Crippen LogP contribution in [-0.2, 0) is 4.74 Å². The van der Waals surface area contributed by atoms with Crippen LogP contribution in [0.5, 0.6) is 0 Å². The molecule has 21 heavy (non-hydrogen) atoms. The maximum atomic E-state index is 10.4. The lowest BCUT2D eigenvalue weighted by Gasteiger charge is -2.32. The Morgan fingerprint density at radius 1 is 1.14 bits per heavy atom. The highest BCUT2D eigenvalue weighted by molar-refractivity contribution is 5.43. The quantitative estimate of drug-likeness (QED) is 0.691. The van der Waals surface area contributed by atoms with Crippen LogP contribution in [0.15, 0.2) is 0 Å². The summed E-state index contributed by atoms with van der Waals surface area (Å²) in [5, 5.41) is 16.6. The predicted octanol–water partition coefficient (Wildman–Crippen LogP) is 0.323. The van der Waals surface area contributed by atoms with Crippen LogP contribution < -0.4 is 15.5 Å². The first-order valence-corrected chi connectivity index (χ1v) is 7.24. The van der Waals surface area contributed by atoms with E-state index in [4.69, 9.17) is 4.74 Å². The van der Waals surface area contributed by atoms with Crippen molar-refractivity contribution in [2.45, 2.75) is 25.4 Å². The van der Waals surface area contributed by atoms with Gasteiger partial charge < -0.3 is 25.4 Å². The zero-order chi connectivity index (χ0) is 15.3. The lowest BCUT2D eigenvalue weighted by Crippen LogP contribution is -2.42. The largest absolute Gasteiger partial charge is 0.388 e. The summed E-state index contributed by atoms with van der Waals surface area (Å²) in [5.74, 6) is 1.56. The molecule has 0 radical (unpaired) electrons. The molecule has 1 saturated heterocycles. The maximum Gasteiger partial charge on any atom is 0.231 e. The maximum absolute atomic E-state index is 10.4. The van der Waals surface area contributed by atoms with Gasteiger partial charge in [0.15, 0.2) is 0 Å². The van der Waals surface area contributed by atoms with Crippen molar-refractivity contribution >= 4 is 17.8 Å². The van der Waals surface area contributed by atoms with Crippen molar-refractivity contribution in [3.8, 4) is 0 Å². The lowest BCUT2D eigenvalue weighted by molar-refractivity contribution is -0.0544. The molecule has 0 spiro atoms. The average molecular weight is 296 g/mol. The van der Waals surface area contributed by atoms with Crippen molar-refractivity contribution in [3.63, 3.8) is 0 Å². The van der Waals surface area contributed by atoms with Gasteiger partial charge in [0, 0.05) is 53.2 Å². The molecule has 0 bridgehead atoms. The van der Waals surface area contributed by atoms with E-state index in [-0.39, 0.29) is 0 Å². The molecule has 1 aliphatic rings. The summed E-state index contributed by atoms with van der Waals surface area (Å²) in [5.41, 5.74) is -0.762. The van der Waals surface area contributed by atoms with Crippen molar-refractivity contribution in [1.82, 2.24) is 15.0 Å². The fourth-order valence-electron chi connectivity index (χ4n) is 2.05. The van der Waals surface area contributed by atoms with Gasteiger partial charge in [-0.05, 0) is 6.92 Å². The third kappa shape index (κ3) is 4.40. The van der Waals surface area contributed by atoms with Crippen LogP contribution >= 0.6 is 0 Å². The lowest BCUT2D eigenvalue weighted by atomic mass is 9.94. The smallest absolute Gasteiger partial charge is 0.231 e.